The summed E-state index contributed by atoms with van der Waals surface area (Å²) in [5.74, 6) is 0.461. The summed E-state index contributed by atoms with van der Waals surface area (Å²) in [4.78, 5) is 10.2. The summed E-state index contributed by atoms with van der Waals surface area (Å²) >= 11 is 5.80. The van der Waals surface area contributed by atoms with Crippen LogP contribution in [0.15, 0.2) is 18.2 Å². The van der Waals surface area contributed by atoms with Gasteiger partial charge in [0.25, 0.3) is 5.69 Å². The maximum absolute atomic E-state index is 10.6. The van der Waals surface area contributed by atoms with Gasteiger partial charge in [-0.25, -0.2) is 0 Å². The van der Waals surface area contributed by atoms with E-state index in [0.29, 0.717) is 10.9 Å². The van der Waals surface area contributed by atoms with Gasteiger partial charge in [0.15, 0.2) is 0 Å². The first-order chi connectivity index (χ1) is 7.08. The SMILES string of the molecule is NC(c1cc(Cl)cc([N+](=O)[O-])c1)C1CC1. The van der Waals surface area contributed by atoms with Gasteiger partial charge in [-0.05, 0) is 30.4 Å². The highest BCUT2D eigenvalue weighted by atomic mass is 35.5. The second-order valence-electron chi connectivity index (χ2n) is 3.86. The minimum absolute atomic E-state index is 0.00796. The third kappa shape index (κ3) is 2.27. The Morgan fingerprint density at radius 3 is 2.67 bits per heavy atom. The lowest BCUT2D eigenvalue weighted by Crippen LogP contribution is -2.12. The van der Waals surface area contributed by atoms with Crippen molar-refractivity contribution < 1.29 is 4.92 Å². The molecule has 0 saturated heterocycles. The quantitative estimate of drug-likeness (QED) is 0.636. The molecule has 1 atom stereocenters. The van der Waals surface area contributed by atoms with Gasteiger partial charge in [-0.1, -0.05) is 11.6 Å². The van der Waals surface area contributed by atoms with Crippen LogP contribution in [0.25, 0.3) is 0 Å². The number of nitro benzene ring substituents is 1. The second-order valence-corrected chi connectivity index (χ2v) is 4.30. The van der Waals surface area contributed by atoms with Gasteiger partial charge in [-0.2, -0.15) is 0 Å². The molecule has 1 fully saturated rings. The molecule has 1 aliphatic carbocycles. The lowest BCUT2D eigenvalue weighted by molar-refractivity contribution is -0.384. The first-order valence-electron chi connectivity index (χ1n) is 4.78. The zero-order valence-electron chi connectivity index (χ0n) is 8.02. The number of nitrogens with two attached hydrogens (primary N) is 1. The van der Waals surface area contributed by atoms with Crippen LogP contribution >= 0.6 is 11.6 Å². The first kappa shape index (κ1) is 10.4. The molecule has 4 nitrogen and oxygen atoms in total. The Hall–Kier alpha value is -1.13. The van der Waals surface area contributed by atoms with E-state index >= 15 is 0 Å². The van der Waals surface area contributed by atoms with Gasteiger partial charge in [0.1, 0.15) is 0 Å². The van der Waals surface area contributed by atoms with Gasteiger partial charge in [-0.3, -0.25) is 10.1 Å². The number of nitrogens with zero attached hydrogens (tertiary/aromatic N) is 1. The molecule has 0 bridgehead atoms. The molecule has 1 aromatic rings. The van der Waals surface area contributed by atoms with Crippen molar-refractivity contribution in [1.29, 1.82) is 0 Å². The number of nitro groups is 1. The van der Waals surface area contributed by atoms with Crippen LogP contribution in [0, 0.1) is 16.0 Å². The summed E-state index contributed by atoms with van der Waals surface area (Å²) in [6, 6.07) is 4.43. The number of benzene rings is 1. The molecule has 0 radical (unpaired) electrons. The smallest absolute Gasteiger partial charge is 0.271 e. The van der Waals surface area contributed by atoms with Gasteiger partial charge >= 0.3 is 0 Å². The summed E-state index contributed by atoms with van der Waals surface area (Å²) in [6.45, 7) is 0. The minimum atomic E-state index is -0.449. The normalized spacial score (nSPS) is 17.5. The molecule has 2 N–H and O–H groups in total. The van der Waals surface area contributed by atoms with E-state index in [1.807, 2.05) is 0 Å². The third-order valence-electron chi connectivity index (χ3n) is 2.63. The highest BCUT2D eigenvalue weighted by Gasteiger charge is 2.30. The van der Waals surface area contributed by atoms with Gasteiger partial charge in [-0.15, -0.1) is 0 Å². The first-order valence-corrected chi connectivity index (χ1v) is 5.16. The van der Waals surface area contributed by atoms with Crippen LogP contribution in [0.3, 0.4) is 0 Å². The lowest BCUT2D eigenvalue weighted by atomic mass is 10.0. The molecule has 0 aromatic heterocycles. The molecular weight excluding hydrogens is 216 g/mol. The van der Waals surface area contributed by atoms with Crippen LogP contribution in [0.2, 0.25) is 5.02 Å². The molecule has 5 heteroatoms. The van der Waals surface area contributed by atoms with Crippen molar-refractivity contribution >= 4 is 17.3 Å². The predicted octanol–water partition coefficient (Wildman–Crippen LogP) is 2.66. The van der Waals surface area contributed by atoms with Crippen molar-refractivity contribution in [2.24, 2.45) is 11.7 Å². The number of halogens is 1. The highest BCUT2D eigenvalue weighted by molar-refractivity contribution is 6.30. The Bertz CT molecular complexity index is 404. The van der Waals surface area contributed by atoms with Crippen LogP contribution in [0.1, 0.15) is 24.4 Å². The van der Waals surface area contributed by atoms with Crippen LogP contribution in [0.5, 0.6) is 0 Å². The molecule has 1 aromatic carbocycles. The minimum Gasteiger partial charge on any atom is -0.324 e. The zero-order valence-corrected chi connectivity index (χ0v) is 8.78. The number of hydrogen-bond donors (Lipinski definition) is 1. The van der Waals surface area contributed by atoms with E-state index in [9.17, 15) is 10.1 Å². The van der Waals surface area contributed by atoms with Crippen molar-refractivity contribution in [2.45, 2.75) is 18.9 Å². The average Bonchev–Trinajstić information content (AvgIpc) is 2.98. The van der Waals surface area contributed by atoms with Gasteiger partial charge in [0, 0.05) is 23.2 Å². The lowest BCUT2D eigenvalue weighted by Gasteiger charge is -2.10. The summed E-state index contributed by atoms with van der Waals surface area (Å²) in [5, 5.41) is 11.0. The molecule has 0 heterocycles. The Morgan fingerprint density at radius 1 is 1.47 bits per heavy atom. The number of rotatable bonds is 3. The molecule has 1 unspecified atom stereocenters. The fourth-order valence-corrected chi connectivity index (χ4v) is 1.86. The summed E-state index contributed by atoms with van der Waals surface area (Å²) in [6.07, 6.45) is 2.20. The Labute approximate surface area is 92.2 Å². The molecule has 0 amide bonds. The van der Waals surface area contributed by atoms with Gasteiger partial charge < -0.3 is 5.73 Å². The molecule has 0 aliphatic heterocycles. The van der Waals surface area contributed by atoms with Crippen LogP contribution in [0.4, 0.5) is 5.69 Å². The maximum atomic E-state index is 10.6. The van der Waals surface area contributed by atoms with E-state index in [2.05, 4.69) is 0 Å². The van der Waals surface area contributed by atoms with E-state index in [1.165, 1.54) is 12.1 Å². The summed E-state index contributed by atoms with van der Waals surface area (Å²) < 4.78 is 0. The van der Waals surface area contributed by atoms with Crippen molar-refractivity contribution in [1.82, 2.24) is 0 Å². The summed E-state index contributed by atoms with van der Waals surface area (Å²) in [7, 11) is 0. The fourth-order valence-electron chi connectivity index (χ4n) is 1.62. The largest absolute Gasteiger partial charge is 0.324 e. The van der Waals surface area contributed by atoms with E-state index in [1.54, 1.807) is 6.07 Å². The molecule has 80 valence electrons. The van der Waals surface area contributed by atoms with Crippen LogP contribution < -0.4 is 5.73 Å². The molecule has 0 spiro atoms. The predicted molar refractivity (Wildman–Crippen MR) is 57.8 cm³/mol. The molecule has 2 rings (SSSR count). The summed E-state index contributed by atoms with van der Waals surface area (Å²) in [5.41, 5.74) is 6.73. The van der Waals surface area contributed by atoms with Crippen molar-refractivity contribution in [2.75, 3.05) is 0 Å². The van der Waals surface area contributed by atoms with Crippen LogP contribution in [-0.4, -0.2) is 4.92 Å². The van der Waals surface area contributed by atoms with E-state index in [0.717, 1.165) is 18.4 Å². The van der Waals surface area contributed by atoms with Gasteiger partial charge in [0.05, 0.1) is 4.92 Å². The monoisotopic (exact) mass is 226 g/mol. The number of hydrogen-bond acceptors (Lipinski definition) is 3. The second kappa shape index (κ2) is 3.79. The van der Waals surface area contributed by atoms with E-state index in [4.69, 9.17) is 17.3 Å². The van der Waals surface area contributed by atoms with Gasteiger partial charge in [0.2, 0.25) is 0 Å². The molecule has 1 saturated carbocycles. The topological polar surface area (TPSA) is 69.2 Å². The fraction of sp³-hybridized carbons (Fsp3) is 0.400. The molecule has 1 aliphatic rings. The van der Waals surface area contributed by atoms with E-state index in [-0.39, 0.29) is 11.7 Å². The number of non-ortho nitro benzene ring substituents is 1. The van der Waals surface area contributed by atoms with Crippen molar-refractivity contribution in [3.63, 3.8) is 0 Å². The van der Waals surface area contributed by atoms with E-state index < -0.39 is 4.92 Å². The van der Waals surface area contributed by atoms with Crippen molar-refractivity contribution in [3.05, 3.63) is 38.9 Å². The zero-order chi connectivity index (χ0) is 11.0. The standard InChI is InChI=1S/C10H11ClN2O2/c11-8-3-7(10(12)6-1-2-6)4-9(5-8)13(14)15/h3-6,10H,1-2,12H2. The highest BCUT2D eigenvalue weighted by Crippen LogP contribution is 2.40. The van der Waals surface area contributed by atoms with Crippen molar-refractivity contribution in [3.8, 4) is 0 Å². The Kier molecular flexibility index (Phi) is 2.63. The molecule has 15 heavy (non-hydrogen) atoms. The Balaban J connectivity index is 2.33. The Morgan fingerprint density at radius 2 is 2.13 bits per heavy atom. The third-order valence-corrected chi connectivity index (χ3v) is 2.85. The van der Waals surface area contributed by atoms with Crippen LogP contribution in [-0.2, 0) is 0 Å². The molecular formula is C10H11ClN2O2. The average molecular weight is 227 g/mol. The maximum Gasteiger partial charge on any atom is 0.271 e.